The first-order valence-corrected chi connectivity index (χ1v) is 8.09. The zero-order chi connectivity index (χ0) is 14.0. The van der Waals surface area contributed by atoms with Crippen molar-refractivity contribution in [2.75, 3.05) is 6.54 Å². The zero-order valence-corrected chi connectivity index (χ0v) is 13.0. The predicted octanol–water partition coefficient (Wildman–Crippen LogP) is 3.15. The number of hydrogen-bond acceptors (Lipinski definition) is 2. The van der Waals surface area contributed by atoms with Crippen LogP contribution in [0.25, 0.3) is 0 Å². The minimum Gasteiger partial charge on any atom is -0.326 e. The van der Waals surface area contributed by atoms with Crippen LogP contribution < -0.4 is 5.32 Å². The Kier molecular flexibility index (Phi) is 4.54. The van der Waals surface area contributed by atoms with E-state index in [2.05, 4.69) is 37.9 Å². The molecule has 3 nitrogen and oxygen atoms in total. The second-order valence-electron chi connectivity index (χ2n) is 6.73. The van der Waals surface area contributed by atoms with Gasteiger partial charge in [-0.05, 0) is 37.5 Å². The minimum atomic E-state index is 0.0373. The summed E-state index contributed by atoms with van der Waals surface area (Å²) in [5, 5.41) is 3.50. The summed E-state index contributed by atoms with van der Waals surface area (Å²) < 4.78 is 0. The first-order chi connectivity index (χ1) is 9.03. The summed E-state index contributed by atoms with van der Waals surface area (Å²) in [6, 6.07) is 0.0373. The molecule has 0 aromatic rings. The zero-order valence-electron chi connectivity index (χ0n) is 13.0. The van der Waals surface area contributed by atoms with E-state index in [1.165, 1.54) is 32.1 Å². The molecule has 0 spiro atoms. The summed E-state index contributed by atoms with van der Waals surface area (Å²) in [5.41, 5.74) is 0.399. The van der Waals surface area contributed by atoms with Gasteiger partial charge < -0.3 is 4.90 Å². The lowest BCUT2D eigenvalue weighted by Crippen LogP contribution is -2.42. The molecule has 0 radical (unpaired) electrons. The number of nitrogens with zero attached hydrogens (tertiary/aromatic N) is 1. The highest BCUT2D eigenvalue weighted by atomic mass is 16.2. The maximum atomic E-state index is 12.6. The maximum Gasteiger partial charge on any atom is 0.241 e. The van der Waals surface area contributed by atoms with E-state index in [0.717, 1.165) is 13.0 Å². The topological polar surface area (TPSA) is 32.3 Å². The van der Waals surface area contributed by atoms with Crippen LogP contribution in [-0.4, -0.2) is 29.6 Å². The molecule has 3 unspecified atom stereocenters. The van der Waals surface area contributed by atoms with E-state index in [-0.39, 0.29) is 12.2 Å². The molecule has 110 valence electrons. The molecule has 1 aliphatic carbocycles. The number of hydrogen-bond donors (Lipinski definition) is 1. The van der Waals surface area contributed by atoms with Gasteiger partial charge in [-0.15, -0.1) is 0 Å². The van der Waals surface area contributed by atoms with Crippen molar-refractivity contribution in [1.82, 2.24) is 10.2 Å². The van der Waals surface area contributed by atoms with E-state index in [9.17, 15) is 4.79 Å². The maximum absolute atomic E-state index is 12.6. The van der Waals surface area contributed by atoms with Crippen LogP contribution in [0.5, 0.6) is 0 Å². The van der Waals surface area contributed by atoms with Gasteiger partial charge in [0.15, 0.2) is 0 Å². The Morgan fingerprint density at radius 1 is 1.37 bits per heavy atom. The molecular formula is C16H30N2O. The summed E-state index contributed by atoms with van der Waals surface area (Å²) in [4.78, 5) is 14.7. The molecule has 0 aromatic carbocycles. The molecule has 2 aliphatic rings. The molecule has 19 heavy (non-hydrogen) atoms. The summed E-state index contributed by atoms with van der Waals surface area (Å²) >= 11 is 0. The molecule has 1 saturated carbocycles. The van der Waals surface area contributed by atoms with Gasteiger partial charge in [-0.3, -0.25) is 10.1 Å². The molecule has 2 rings (SSSR count). The van der Waals surface area contributed by atoms with Crippen LogP contribution in [-0.2, 0) is 4.79 Å². The third-order valence-corrected chi connectivity index (χ3v) is 5.57. The molecule has 3 heteroatoms. The minimum absolute atomic E-state index is 0.0373. The van der Waals surface area contributed by atoms with Crippen molar-refractivity contribution >= 4 is 5.91 Å². The largest absolute Gasteiger partial charge is 0.326 e. The van der Waals surface area contributed by atoms with Gasteiger partial charge >= 0.3 is 0 Å². The lowest BCUT2D eigenvalue weighted by Gasteiger charge is -2.34. The number of carbonyl (C=O) groups is 1. The Morgan fingerprint density at radius 3 is 2.53 bits per heavy atom. The fourth-order valence-corrected chi connectivity index (χ4v) is 3.76. The highest BCUT2D eigenvalue weighted by Gasteiger charge is 2.43. The van der Waals surface area contributed by atoms with Gasteiger partial charge in [-0.1, -0.05) is 40.0 Å². The highest BCUT2D eigenvalue weighted by Crippen LogP contribution is 2.42. The molecule has 1 N–H and O–H groups in total. The highest BCUT2D eigenvalue weighted by molar-refractivity contribution is 5.84. The van der Waals surface area contributed by atoms with Gasteiger partial charge in [0, 0.05) is 6.54 Å². The Labute approximate surface area is 118 Å². The summed E-state index contributed by atoms with van der Waals surface area (Å²) in [6.45, 7) is 9.73. The van der Waals surface area contributed by atoms with E-state index < -0.39 is 0 Å². The summed E-state index contributed by atoms with van der Waals surface area (Å²) in [6.07, 6.45) is 7.75. The van der Waals surface area contributed by atoms with Crippen LogP contribution in [0, 0.1) is 11.3 Å². The monoisotopic (exact) mass is 266 g/mol. The SMILES string of the molecule is CCC(C)C1NC(C)N(CC2(CC)CCCC2)C1=O. The predicted molar refractivity (Wildman–Crippen MR) is 78.7 cm³/mol. The molecular weight excluding hydrogens is 236 g/mol. The molecule has 0 bridgehead atoms. The molecule has 1 heterocycles. The van der Waals surface area contributed by atoms with E-state index >= 15 is 0 Å². The van der Waals surface area contributed by atoms with Gasteiger partial charge in [-0.25, -0.2) is 0 Å². The molecule has 1 amide bonds. The van der Waals surface area contributed by atoms with Gasteiger partial charge in [0.05, 0.1) is 12.2 Å². The van der Waals surface area contributed by atoms with Crippen molar-refractivity contribution < 1.29 is 4.79 Å². The molecule has 2 fully saturated rings. The van der Waals surface area contributed by atoms with Gasteiger partial charge in [0.25, 0.3) is 0 Å². The first kappa shape index (κ1) is 14.8. The van der Waals surface area contributed by atoms with Crippen LogP contribution in [0.1, 0.15) is 66.2 Å². The molecule has 0 aromatic heterocycles. The summed E-state index contributed by atoms with van der Waals surface area (Å²) in [5.74, 6) is 0.766. The third kappa shape index (κ3) is 2.81. The Morgan fingerprint density at radius 2 is 2.00 bits per heavy atom. The van der Waals surface area contributed by atoms with Crippen molar-refractivity contribution in [3.05, 3.63) is 0 Å². The second kappa shape index (κ2) is 5.82. The van der Waals surface area contributed by atoms with Crippen molar-refractivity contribution in [2.24, 2.45) is 11.3 Å². The average molecular weight is 266 g/mol. The van der Waals surface area contributed by atoms with Crippen LogP contribution in [0.2, 0.25) is 0 Å². The van der Waals surface area contributed by atoms with Crippen LogP contribution >= 0.6 is 0 Å². The van der Waals surface area contributed by atoms with Gasteiger partial charge in [0.1, 0.15) is 0 Å². The number of rotatable bonds is 5. The smallest absolute Gasteiger partial charge is 0.241 e. The van der Waals surface area contributed by atoms with Gasteiger partial charge in [-0.2, -0.15) is 0 Å². The number of amides is 1. The van der Waals surface area contributed by atoms with E-state index in [0.29, 0.717) is 17.2 Å². The van der Waals surface area contributed by atoms with Crippen LogP contribution in [0.4, 0.5) is 0 Å². The normalized spacial score (nSPS) is 32.0. The lowest BCUT2D eigenvalue weighted by atomic mass is 9.82. The van der Waals surface area contributed by atoms with Crippen molar-refractivity contribution in [3.63, 3.8) is 0 Å². The van der Waals surface area contributed by atoms with Crippen LogP contribution in [0.15, 0.2) is 0 Å². The second-order valence-corrected chi connectivity index (χ2v) is 6.73. The van der Waals surface area contributed by atoms with Crippen molar-refractivity contribution in [3.8, 4) is 0 Å². The lowest BCUT2D eigenvalue weighted by molar-refractivity contribution is -0.132. The van der Waals surface area contributed by atoms with Crippen molar-refractivity contribution in [2.45, 2.75) is 78.4 Å². The Hall–Kier alpha value is -0.570. The first-order valence-electron chi connectivity index (χ1n) is 8.09. The summed E-state index contributed by atoms with van der Waals surface area (Å²) in [7, 11) is 0. The standard InChI is InChI=1S/C16H30N2O/c1-5-12(3)14-15(19)18(13(4)17-14)11-16(6-2)9-7-8-10-16/h12-14,17H,5-11H2,1-4H3. The van der Waals surface area contributed by atoms with Gasteiger partial charge in [0.2, 0.25) is 5.91 Å². The van der Waals surface area contributed by atoms with E-state index in [1.807, 2.05) is 0 Å². The third-order valence-electron chi connectivity index (χ3n) is 5.57. The number of carbonyl (C=O) groups excluding carboxylic acids is 1. The Balaban J connectivity index is 2.06. The van der Waals surface area contributed by atoms with E-state index in [4.69, 9.17) is 0 Å². The molecule has 1 saturated heterocycles. The van der Waals surface area contributed by atoms with E-state index in [1.54, 1.807) is 0 Å². The fraction of sp³-hybridized carbons (Fsp3) is 0.938. The van der Waals surface area contributed by atoms with Crippen LogP contribution in [0.3, 0.4) is 0 Å². The van der Waals surface area contributed by atoms with Crippen molar-refractivity contribution in [1.29, 1.82) is 0 Å². The Bertz CT molecular complexity index is 323. The number of nitrogens with one attached hydrogen (secondary N) is 1. The quantitative estimate of drug-likeness (QED) is 0.829. The molecule has 3 atom stereocenters. The molecule has 1 aliphatic heterocycles. The fourth-order valence-electron chi connectivity index (χ4n) is 3.76. The average Bonchev–Trinajstić information content (AvgIpc) is 2.99.